The van der Waals surface area contributed by atoms with Crippen LogP contribution >= 0.6 is 0 Å². The van der Waals surface area contributed by atoms with Crippen molar-refractivity contribution in [2.24, 2.45) is 0 Å². The maximum Gasteiger partial charge on any atom is 0.407 e. The van der Waals surface area contributed by atoms with E-state index in [9.17, 15) is 19.5 Å². The molecule has 1 aliphatic rings. The molecule has 1 aliphatic carbocycles. The standard InChI is InChI=1S/C28H27NO6/c1-18(15-19-9-3-2-4-10-19)35-26(30)16-25(27(31)32)29-28(33)34-17-24-22-13-7-5-11-20(22)21-12-6-8-14-23(21)24/h2-14,18,24-25H,15-17H2,1H3,(H,29,33)(H,31,32)/t18?,25-/m1/s1. The predicted octanol–water partition coefficient (Wildman–Crippen LogP) is 4.54. The van der Waals surface area contributed by atoms with Gasteiger partial charge >= 0.3 is 18.0 Å². The van der Waals surface area contributed by atoms with Gasteiger partial charge in [-0.15, -0.1) is 0 Å². The molecule has 0 aliphatic heterocycles. The largest absolute Gasteiger partial charge is 0.480 e. The first-order valence-corrected chi connectivity index (χ1v) is 11.5. The maximum absolute atomic E-state index is 12.4. The van der Waals surface area contributed by atoms with Gasteiger partial charge in [0.1, 0.15) is 18.8 Å². The lowest BCUT2D eigenvalue weighted by atomic mass is 9.98. The van der Waals surface area contributed by atoms with Crippen molar-refractivity contribution < 1.29 is 29.0 Å². The highest BCUT2D eigenvalue weighted by molar-refractivity contribution is 5.85. The van der Waals surface area contributed by atoms with E-state index in [1.807, 2.05) is 78.9 Å². The number of ether oxygens (including phenoxy) is 2. The van der Waals surface area contributed by atoms with E-state index >= 15 is 0 Å². The van der Waals surface area contributed by atoms with E-state index in [-0.39, 0.29) is 12.5 Å². The summed E-state index contributed by atoms with van der Waals surface area (Å²) in [6.45, 7) is 1.78. The lowest BCUT2D eigenvalue weighted by Gasteiger charge is -2.18. The number of hydrogen-bond donors (Lipinski definition) is 2. The SMILES string of the molecule is CC(Cc1ccccc1)OC(=O)C[C@@H](NC(=O)OCC1c2ccccc2-c2ccccc21)C(=O)O. The number of aliphatic carboxylic acids is 1. The molecule has 0 bridgehead atoms. The van der Waals surface area contributed by atoms with Crippen LogP contribution in [0.5, 0.6) is 0 Å². The van der Waals surface area contributed by atoms with Crippen molar-refractivity contribution >= 4 is 18.0 Å². The molecule has 7 heteroatoms. The lowest BCUT2D eigenvalue weighted by Crippen LogP contribution is -2.43. The van der Waals surface area contributed by atoms with E-state index < -0.39 is 36.6 Å². The molecular weight excluding hydrogens is 446 g/mol. The van der Waals surface area contributed by atoms with Crippen LogP contribution in [-0.4, -0.2) is 41.9 Å². The van der Waals surface area contributed by atoms with Crippen LogP contribution in [0.1, 0.15) is 36.0 Å². The molecule has 1 unspecified atom stereocenters. The molecule has 35 heavy (non-hydrogen) atoms. The van der Waals surface area contributed by atoms with Gasteiger partial charge in [-0.05, 0) is 34.7 Å². The van der Waals surface area contributed by atoms with E-state index in [1.165, 1.54) is 0 Å². The fraction of sp³-hybridized carbons (Fsp3) is 0.250. The first-order valence-electron chi connectivity index (χ1n) is 11.5. The number of amides is 1. The Hall–Kier alpha value is -4.13. The Balaban J connectivity index is 1.31. The van der Waals surface area contributed by atoms with Crippen molar-refractivity contribution in [3.63, 3.8) is 0 Å². The molecule has 0 heterocycles. The molecule has 4 rings (SSSR count). The zero-order chi connectivity index (χ0) is 24.8. The Morgan fingerprint density at radius 2 is 1.46 bits per heavy atom. The second kappa shape index (κ2) is 10.9. The highest BCUT2D eigenvalue weighted by Gasteiger charge is 2.30. The van der Waals surface area contributed by atoms with Gasteiger partial charge in [0.05, 0.1) is 6.42 Å². The van der Waals surface area contributed by atoms with Crippen molar-refractivity contribution in [1.29, 1.82) is 0 Å². The van der Waals surface area contributed by atoms with Gasteiger partial charge in [0.2, 0.25) is 0 Å². The molecule has 0 fully saturated rings. The molecule has 3 aromatic carbocycles. The molecule has 2 N–H and O–H groups in total. The molecular formula is C28H27NO6. The molecule has 2 atom stereocenters. The van der Waals surface area contributed by atoms with Crippen molar-refractivity contribution in [2.75, 3.05) is 6.61 Å². The Morgan fingerprint density at radius 3 is 2.06 bits per heavy atom. The maximum atomic E-state index is 12.4. The molecule has 3 aromatic rings. The van der Waals surface area contributed by atoms with E-state index in [2.05, 4.69) is 5.32 Å². The third-order valence-electron chi connectivity index (χ3n) is 6.00. The van der Waals surface area contributed by atoms with Crippen LogP contribution in [0.25, 0.3) is 11.1 Å². The van der Waals surface area contributed by atoms with Gasteiger partial charge in [0.15, 0.2) is 0 Å². The number of hydrogen-bond acceptors (Lipinski definition) is 5. The van der Waals surface area contributed by atoms with Gasteiger partial charge in [0, 0.05) is 12.3 Å². The zero-order valence-electron chi connectivity index (χ0n) is 19.3. The summed E-state index contributed by atoms with van der Waals surface area (Å²) in [6.07, 6.45) is -1.33. The number of carbonyl (C=O) groups excluding carboxylic acids is 2. The third kappa shape index (κ3) is 5.87. The van der Waals surface area contributed by atoms with Crippen molar-refractivity contribution in [2.45, 2.75) is 37.8 Å². The Labute approximate surface area is 203 Å². The van der Waals surface area contributed by atoms with Crippen LogP contribution in [0.3, 0.4) is 0 Å². The average Bonchev–Trinajstić information content (AvgIpc) is 3.16. The van der Waals surface area contributed by atoms with Gasteiger partial charge in [0.25, 0.3) is 0 Å². The second-order valence-electron chi connectivity index (χ2n) is 8.56. The van der Waals surface area contributed by atoms with Gasteiger partial charge in [-0.3, -0.25) is 4.79 Å². The second-order valence-corrected chi connectivity index (χ2v) is 8.56. The van der Waals surface area contributed by atoms with Gasteiger partial charge in [-0.2, -0.15) is 0 Å². The summed E-state index contributed by atoms with van der Waals surface area (Å²) in [5, 5.41) is 11.8. The Bertz CT molecular complexity index is 1160. The third-order valence-corrected chi connectivity index (χ3v) is 6.00. The Kier molecular flexibility index (Phi) is 7.45. The molecule has 0 saturated heterocycles. The summed E-state index contributed by atoms with van der Waals surface area (Å²) < 4.78 is 10.7. The average molecular weight is 474 g/mol. The minimum atomic E-state index is -1.46. The number of carbonyl (C=O) groups is 3. The first kappa shape index (κ1) is 24.0. The van der Waals surface area contributed by atoms with Crippen LogP contribution in [0.4, 0.5) is 4.79 Å². The minimum Gasteiger partial charge on any atom is -0.480 e. The monoisotopic (exact) mass is 473 g/mol. The van der Waals surface area contributed by atoms with Gasteiger partial charge in [-0.1, -0.05) is 78.9 Å². The number of esters is 1. The summed E-state index contributed by atoms with van der Waals surface area (Å²) in [5.74, 6) is -2.20. The molecule has 0 aromatic heterocycles. The highest BCUT2D eigenvalue weighted by atomic mass is 16.6. The van der Waals surface area contributed by atoms with Crippen LogP contribution in [-0.2, 0) is 25.5 Å². The smallest absolute Gasteiger partial charge is 0.407 e. The predicted molar refractivity (Wildman–Crippen MR) is 130 cm³/mol. The number of benzene rings is 3. The van der Waals surface area contributed by atoms with E-state index in [1.54, 1.807) is 6.92 Å². The highest BCUT2D eigenvalue weighted by Crippen LogP contribution is 2.44. The zero-order valence-corrected chi connectivity index (χ0v) is 19.3. The lowest BCUT2D eigenvalue weighted by molar-refractivity contribution is -0.152. The fourth-order valence-corrected chi connectivity index (χ4v) is 4.41. The number of fused-ring (bicyclic) bond motifs is 3. The summed E-state index contributed by atoms with van der Waals surface area (Å²) in [5.41, 5.74) is 5.28. The van der Waals surface area contributed by atoms with Crippen LogP contribution in [0.15, 0.2) is 78.9 Å². The number of carboxylic acid groups (broad SMARTS) is 1. The van der Waals surface area contributed by atoms with E-state index in [0.717, 1.165) is 27.8 Å². The summed E-state index contributed by atoms with van der Waals surface area (Å²) >= 11 is 0. The summed E-state index contributed by atoms with van der Waals surface area (Å²) in [6, 6.07) is 23.9. The molecule has 0 radical (unpaired) electrons. The summed E-state index contributed by atoms with van der Waals surface area (Å²) in [7, 11) is 0. The topological polar surface area (TPSA) is 102 Å². The molecule has 7 nitrogen and oxygen atoms in total. The molecule has 0 saturated carbocycles. The van der Waals surface area contributed by atoms with Crippen LogP contribution in [0.2, 0.25) is 0 Å². The van der Waals surface area contributed by atoms with Crippen molar-refractivity contribution in [3.05, 3.63) is 95.6 Å². The first-order chi connectivity index (χ1) is 16.9. The van der Waals surface area contributed by atoms with Crippen molar-refractivity contribution in [3.8, 4) is 11.1 Å². The number of carboxylic acids is 1. The van der Waals surface area contributed by atoms with E-state index in [0.29, 0.717) is 6.42 Å². The fourth-order valence-electron chi connectivity index (χ4n) is 4.41. The minimum absolute atomic E-state index is 0.0464. The Morgan fingerprint density at radius 1 is 0.886 bits per heavy atom. The number of nitrogens with one attached hydrogen (secondary N) is 1. The normalized spacial score (nSPS) is 13.7. The van der Waals surface area contributed by atoms with Crippen molar-refractivity contribution in [1.82, 2.24) is 5.32 Å². The molecule has 180 valence electrons. The van der Waals surface area contributed by atoms with Gasteiger partial charge < -0.3 is 19.9 Å². The number of rotatable bonds is 9. The van der Waals surface area contributed by atoms with Crippen LogP contribution in [0, 0.1) is 0 Å². The van der Waals surface area contributed by atoms with Crippen LogP contribution < -0.4 is 5.32 Å². The number of alkyl carbamates (subject to hydrolysis) is 1. The summed E-state index contributed by atoms with van der Waals surface area (Å²) in [4.78, 5) is 36.4. The van der Waals surface area contributed by atoms with E-state index in [4.69, 9.17) is 9.47 Å². The quantitative estimate of drug-likeness (QED) is 0.443. The van der Waals surface area contributed by atoms with Gasteiger partial charge in [-0.25, -0.2) is 9.59 Å². The molecule has 0 spiro atoms. The molecule has 1 amide bonds.